The highest BCUT2D eigenvalue weighted by molar-refractivity contribution is 4.81. The van der Waals surface area contributed by atoms with Crippen molar-refractivity contribution in [3.8, 4) is 0 Å². The molecular formula is C26H50. The molecule has 0 aromatic carbocycles. The molecule has 0 bridgehead atoms. The van der Waals surface area contributed by atoms with Gasteiger partial charge in [0.2, 0.25) is 0 Å². The molecule has 0 fully saturated rings. The van der Waals surface area contributed by atoms with Gasteiger partial charge in [0.25, 0.3) is 0 Å². The third kappa shape index (κ3) is 23.7. The van der Waals surface area contributed by atoms with Crippen molar-refractivity contribution in [3.63, 3.8) is 0 Å². The van der Waals surface area contributed by atoms with E-state index in [1.54, 1.807) is 0 Å². The Morgan fingerprint density at radius 3 is 0.808 bits per heavy atom. The summed E-state index contributed by atoms with van der Waals surface area (Å²) < 4.78 is 0. The standard InChI is InChI=1S/C26H50/c1-3-5-7-9-11-13-15-17-19-21-23-25-26-24-22-20-18-16-14-12-10-8-6-4-2/h21,23H,1-20,22,24-26H2/b23-21+. The zero-order valence-electron chi connectivity index (χ0n) is 18.1. The molecule has 0 amide bonds. The Morgan fingerprint density at radius 2 is 0.538 bits per heavy atom. The summed E-state index contributed by atoms with van der Waals surface area (Å²) in [7, 11) is 0. The first kappa shape index (κ1) is 25.7. The first-order chi connectivity index (χ1) is 12.9. The molecule has 154 valence electrons. The maximum atomic E-state index is 3.90. The number of hydrogen-bond donors (Lipinski definition) is 0. The van der Waals surface area contributed by atoms with E-state index in [0.29, 0.717) is 0 Å². The molecule has 0 nitrogen and oxygen atoms in total. The second kappa shape index (κ2) is 24.7. The number of allylic oxidation sites excluding steroid dienone is 2. The van der Waals surface area contributed by atoms with Crippen LogP contribution in [0.25, 0.3) is 0 Å². The molecule has 0 saturated carbocycles. The second-order valence-electron chi connectivity index (χ2n) is 8.12. The van der Waals surface area contributed by atoms with Gasteiger partial charge in [0.05, 0.1) is 0 Å². The molecule has 0 N–H and O–H groups in total. The van der Waals surface area contributed by atoms with Crippen LogP contribution in [0, 0.1) is 13.8 Å². The van der Waals surface area contributed by atoms with Gasteiger partial charge in [0.15, 0.2) is 0 Å². The molecule has 26 heavy (non-hydrogen) atoms. The van der Waals surface area contributed by atoms with Gasteiger partial charge in [-0.2, -0.15) is 0 Å². The Hall–Kier alpha value is -0.260. The number of rotatable bonds is 22. The van der Waals surface area contributed by atoms with Crippen LogP contribution in [0.1, 0.15) is 141 Å². The first-order valence-corrected chi connectivity index (χ1v) is 12.1. The van der Waals surface area contributed by atoms with Gasteiger partial charge in [-0.1, -0.05) is 142 Å². The van der Waals surface area contributed by atoms with E-state index in [0.717, 1.165) is 12.8 Å². The molecule has 0 aromatic rings. The lowest BCUT2D eigenvalue weighted by molar-refractivity contribution is 0.547. The fraction of sp³-hybridized carbons (Fsp3) is 0.846. The summed E-state index contributed by atoms with van der Waals surface area (Å²) in [6.07, 6.45) is 35.2. The predicted molar refractivity (Wildman–Crippen MR) is 121 cm³/mol. The molecule has 0 heterocycles. The van der Waals surface area contributed by atoms with Gasteiger partial charge >= 0.3 is 0 Å². The zero-order valence-corrected chi connectivity index (χ0v) is 18.1. The molecule has 0 rings (SSSR count). The van der Waals surface area contributed by atoms with E-state index >= 15 is 0 Å². The summed E-state index contributed by atoms with van der Waals surface area (Å²) in [6.45, 7) is 7.81. The van der Waals surface area contributed by atoms with Crippen LogP contribution in [-0.4, -0.2) is 0 Å². The highest BCUT2D eigenvalue weighted by Crippen LogP contribution is 2.13. The molecule has 2 radical (unpaired) electrons. The average molecular weight is 363 g/mol. The predicted octanol–water partition coefficient (Wildman–Crippen LogP) is 9.79. The van der Waals surface area contributed by atoms with E-state index < -0.39 is 0 Å². The number of hydrogen-bond acceptors (Lipinski definition) is 0. The van der Waals surface area contributed by atoms with Crippen molar-refractivity contribution < 1.29 is 0 Å². The van der Waals surface area contributed by atoms with Gasteiger partial charge < -0.3 is 0 Å². The average Bonchev–Trinajstić information content (AvgIpc) is 2.66. The summed E-state index contributed by atoms with van der Waals surface area (Å²) in [6, 6.07) is 0. The summed E-state index contributed by atoms with van der Waals surface area (Å²) in [5, 5.41) is 0. The SMILES string of the molecule is [CH2]CCCCCCCCC/C=C/CCCCCCCCCCCCC[CH2]. The molecule has 0 aliphatic carbocycles. The Kier molecular flexibility index (Phi) is 24.5. The van der Waals surface area contributed by atoms with Crippen LogP contribution < -0.4 is 0 Å². The van der Waals surface area contributed by atoms with E-state index in [1.165, 1.54) is 128 Å². The fourth-order valence-electron chi connectivity index (χ4n) is 3.59. The molecule has 0 aliphatic heterocycles. The maximum Gasteiger partial charge on any atom is -0.0351 e. The van der Waals surface area contributed by atoms with Crippen LogP contribution in [0.2, 0.25) is 0 Å². The Balaban J connectivity index is 3.04. The minimum Gasteiger partial charge on any atom is -0.0885 e. The zero-order chi connectivity index (χ0) is 19.0. The lowest BCUT2D eigenvalue weighted by Crippen LogP contribution is -1.82. The van der Waals surface area contributed by atoms with Crippen molar-refractivity contribution in [1.29, 1.82) is 0 Å². The lowest BCUT2D eigenvalue weighted by Gasteiger charge is -2.02. The van der Waals surface area contributed by atoms with Crippen molar-refractivity contribution in [1.82, 2.24) is 0 Å². The van der Waals surface area contributed by atoms with Crippen molar-refractivity contribution in [2.24, 2.45) is 0 Å². The quantitative estimate of drug-likeness (QED) is 0.133. The van der Waals surface area contributed by atoms with Crippen molar-refractivity contribution in [2.75, 3.05) is 0 Å². The van der Waals surface area contributed by atoms with Gasteiger partial charge in [0.1, 0.15) is 0 Å². The van der Waals surface area contributed by atoms with Crippen LogP contribution in [0.4, 0.5) is 0 Å². The van der Waals surface area contributed by atoms with E-state index in [1.807, 2.05) is 0 Å². The molecule has 0 saturated heterocycles. The summed E-state index contributed by atoms with van der Waals surface area (Å²) in [5.74, 6) is 0. The van der Waals surface area contributed by atoms with Gasteiger partial charge in [-0.05, 0) is 25.7 Å². The molecular weight excluding hydrogens is 312 g/mol. The largest absolute Gasteiger partial charge is 0.0885 e. The van der Waals surface area contributed by atoms with Gasteiger partial charge in [-0.15, -0.1) is 0 Å². The molecule has 0 unspecified atom stereocenters. The minimum atomic E-state index is 1.11. The summed E-state index contributed by atoms with van der Waals surface area (Å²) in [5.41, 5.74) is 0. The Bertz CT molecular complexity index is 253. The van der Waals surface area contributed by atoms with Crippen molar-refractivity contribution in [3.05, 3.63) is 26.0 Å². The maximum absolute atomic E-state index is 3.90. The summed E-state index contributed by atoms with van der Waals surface area (Å²) >= 11 is 0. The van der Waals surface area contributed by atoms with Crippen molar-refractivity contribution in [2.45, 2.75) is 141 Å². The number of unbranched alkanes of at least 4 members (excludes halogenated alkanes) is 20. The molecule has 0 atom stereocenters. The highest BCUT2D eigenvalue weighted by atomic mass is 14.0. The van der Waals surface area contributed by atoms with Crippen molar-refractivity contribution >= 4 is 0 Å². The third-order valence-corrected chi connectivity index (χ3v) is 5.41. The van der Waals surface area contributed by atoms with Crippen LogP contribution in [0.15, 0.2) is 12.2 Å². The Morgan fingerprint density at radius 1 is 0.308 bits per heavy atom. The highest BCUT2D eigenvalue weighted by Gasteiger charge is 1.93. The second-order valence-corrected chi connectivity index (χ2v) is 8.12. The first-order valence-electron chi connectivity index (χ1n) is 12.1. The van der Waals surface area contributed by atoms with Crippen LogP contribution in [-0.2, 0) is 0 Å². The normalized spacial score (nSPS) is 11.6. The minimum absolute atomic E-state index is 1.11. The third-order valence-electron chi connectivity index (χ3n) is 5.41. The Labute approximate surface area is 167 Å². The summed E-state index contributed by atoms with van der Waals surface area (Å²) in [4.78, 5) is 0. The smallest absolute Gasteiger partial charge is 0.0351 e. The molecule has 0 aromatic heterocycles. The van der Waals surface area contributed by atoms with E-state index in [9.17, 15) is 0 Å². The topological polar surface area (TPSA) is 0 Å². The van der Waals surface area contributed by atoms with Gasteiger partial charge in [-0.25, -0.2) is 0 Å². The molecule has 0 heteroatoms. The van der Waals surface area contributed by atoms with Gasteiger partial charge in [-0.3, -0.25) is 0 Å². The molecule has 0 spiro atoms. The lowest BCUT2D eigenvalue weighted by atomic mass is 10.0. The van der Waals surface area contributed by atoms with Crippen LogP contribution in [0.5, 0.6) is 0 Å². The van der Waals surface area contributed by atoms with Crippen LogP contribution in [0.3, 0.4) is 0 Å². The fourth-order valence-corrected chi connectivity index (χ4v) is 3.59. The molecule has 0 aliphatic rings. The van der Waals surface area contributed by atoms with Crippen LogP contribution >= 0.6 is 0 Å². The van der Waals surface area contributed by atoms with E-state index in [2.05, 4.69) is 26.0 Å². The van der Waals surface area contributed by atoms with E-state index in [4.69, 9.17) is 0 Å². The van der Waals surface area contributed by atoms with E-state index in [-0.39, 0.29) is 0 Å². The van der Waals surface area contributed by atoms with Gasteiger partial charge in [0, 0.05) is 0 Å². The monoisotopic (exact) mass is 362 g/mol.